The van der Waals surface area contributed by atoms with E-state index in [0.29, 0.717) is 23.7 Å². The van der Waals surface area contributed by atoms with E-state index in [4.69, 9.17) is 16.3 Å². The van der Waals surface area contributed by atoms with Gasteiger partial charge in [-0.15, -0.1) is 0 Å². The van der Waals surface area contributed by atoms with Gasteiger partial charge in [-0.2, -0.15) is 5.10 Å². The fraction of sp³-hybridized carbons (Fsp3) is 0.667. The quantitative estimate of drug-likeness (QED) is 0.808. The normalized spacial score (nSPS) is 20.9. The molecule has 1 fully saturated rings. The lowest BCUT2D eigenvalue weighted by Crippen LogP contribution is -2.26. The Bertz CT molecular complexity index is 469. The summed E-state index contributed by atoms with van der Waals surface area (Å²) in [5.41, 5.74) is 0. The van der Waals surface area contributed by atoms with E-state index in [0.717, 1.165) is 0 Å². The second kappa shape index (κ2) is 4.25. The second-order valence-corrected chi connectivity index (χ2v) is 6.49. The minimum absolute atomic E-state index is 0.0555. The zero-order valence-electron chi connectivity index (χ0n) is 8.89. The van der Waals surface area contributed by atoms with Gasteiger partial charge >= 0.3 is 0 Å². The van der Waals surface area contributed by atoms with Crippen LogP contribution in [-0.4, -0.2) is 36.8 Å². The molecule has 5 nitrogen and oxygen atoms in total. The van der Waals surface area contributed by atoms with Crippen molar-refractivity contribution in [3.05, 3.63) is 11.3 Å². The van der Waals surface area contributed by atoms with Crippen LogP contribution >= 0.6 is 11.6 Å². The highest BCUT2D eigenvalue weighted by Gasteiger charge is 2.27. The number of halogens is 1. The summed E-state index contributed by atoms with van der Waals surface area (Å²) in [6.07, 6.45) is 2.67. The van der Waals surface area contributed by atoms with Gasteiger partial charge in [-0.25, -0.2) is 13.1 Å². The summed E-state index contributed by atoms with van der Waals surface area (Å²) in [6, 6.07) is 0.0555. The maximum atomic E-state index is 11.3. The molecule has 0 aromatic carbocycles. The first-order valence-electron chi connectivity index (χ1n) is 5.01. The van der Waals surface area contributed by atoms with E-state index in [1.807, 2.05) is 0 Å². The molecule has 1 saturated heterocycles. The molecule has 1 aromatic rings. The number of rotatable bonds is 2. The minimum atomic E-state index is -2.85. The van der Waals surface area contributed by atoms with Crippen LogP contribution in [0.15, 0.2) is 6.20 Å². The number of sulfone groups is 1. The molecule has 0 atom stereocenters. The molecule has 0 radical (unpaired) electrons. The molecular weight excluding hydrogens is 252 g/mol. The first-order chi connectivity index (χ1) is 7.53. The lowest BCUT2D eigenvalue weighted by atomic mass is 10.2. The average molecular weight is 265 g/mol. The van der Waals surface area contributed by atoms with E-state index >= 15 is 0 Å². The maximum Gasteiger partial charge on any atom is 0.175 e. The Balaban J connectivity index is 2.17. The van der Waals surface area contributed by atoms with E-state index in [1.54, 1.807) is 10.9 Å². The predicted molar refractivity (Wildman–Crippen MR) is 60.7 cm³/mol. The van der Waals surface area contributed by atoms with Crippen molar-refractivity contribution in [2.24, 2.45) is 0 Å². The van der Waals surface area contributed by atoms with Crippen LogP contribution in [0.4, 0.5) is 0 Å². The highest BCUT2D eigenvalue weighted by molar-refractivity contribution is 7.91. The number of aromatic nitrogens is 2. The van der Waals surface area contributed by atoms with Gasteiger partial charge in [-0.05, 0) is 12.8 Å². The lowest BCUT2D eigenvalue weighted by Gasteiger charge is -2.22. The average Bonchev–Trinajstić information content (AvgIpc) is 2.60. The molecule has 0 N–H and O–H groups in total. The van der Waals surface area contributed by atoms with Crippen LogP contribution < -0.4 is 4.74 Å². The van der Waals surface area contributed by atoms with Gasteiger partial charge in [0, 0.05) is 0 Å². The van der Waals surface area contributed by atoms with Crippen molar-refractivity contribution in [1.82, 2.24) is 9.78 Å². The second-order valence-electron chi connectivity index (χ2n) is 3.83. The van der Waals surface area contributed by atoms with Crippen molar-refractivity contribution in [3.63, 3.8) is 0 Å². The molecule has 1 aliphatic heterocycles. The zero-order valence-corrected chi connectivity index (χ0v) is 10.5. The van der Waals surface area contributed by atoms with Crippen LogP contribution in [0.3, 0.4) is 0 Å². The van der Waals surface area contributed by atoms with Gasteiger partial charge in [0.25, 0.3) is 0 Å². The summed E-state index contributed by atoms with van der Waals surface area (Å²) in [5.74, 6) is 0.932. The minimum Gasteiger partial charge on any atom is -0.492 e. The molecule has 1 aromatic heterocycles. The summed E-state index contributed by atoms with van der Waals surface area (Å²) >= 11 is 6.05. The van der Waals surface area contributed by atoms with E-state index < -0.39 is 9.84 Å². The zero-order chi connectivity index (χ0) is 11.8. The van der Waals surface area contributed by atoms with Gasteiger partial charge in [0.05, 0.1) is 30.9 Å². The molecule has 0 bridgehead atoms. The molecule has 16 heavy (non-hydrogen) atoms. The number of hydrogen-bond donors (Lipinski definition) is 0. The Labute approximate surface area is 99.3 Å². The number of methoxy groups -OCH3 is 1. The lowest BCUT2D eigenvalue weighted by molar-refractivity contribution is 0.400. The third-order valence-electron chi connectivity index (χ3n) is 2.79. The molecule has 0 amide bonds. The van der Waals surface area contributed by atoms with E-state index in [9.17, 15) is 8.42 Å². The topological polar surface area (TPSA) is 61.2 Å². The van der Waals surface area contributed by atoms with Gasteiger partial charge in [-0.3, -0.25) is 0 Å². The van der Waals surface area contributed by atoms with Crippen LogP contribution in [0.2, 0.25) is 5.15 Å². The Hall–Kier alpha value is -0.750. The van der Waals surface area contributed by atoms with Crippen LogP contribution in [0, 0.1) is 0 Å². The Morgan fingerprint density at radius 1 is 1.50 bits per heavy atom. The van der Waals surface area contributed by atoms with Crippen LogP contribution in [0.5, 0.6) is 5.75 Å². The van der Waals surface area contributed by atoms with E-state index in [-0.39, 0.29) is 17.5 Å². The van der Waals surface area contributed by atoms with Crippen molar-refractivity contribution in [2.75, 3.05) is 18.6 Å². The van der Waals surface area contributed by atoms with Gasteiger partial charge in [0.15, 0.2) is 10.9 Å². The number of ether oxygens (including phenoxy) is 1. The standard InChI is InChI=1S/C9H13ClN2O3S/c1-15-8-6-11-12(9(8)10)7-2-4-16(13,14)5-3-7/h6-7H,2-5H2,1H3. The molecule has 0 unspecified atom stereocenters. The summed E-state index contributed by atoms with van der Waals surface area (Å²) < 4.78 is 29.2. The molecule has 0 spiro atoms. The van der Waals surface area contributed by atoms with Gasteiger partial charge in [0.1, 0.15) is 9.84 Å². The molecule has 2 rings (SSSR count). The van der Waals surface area contributed by atoms with Crippen molar-refractivity contribution >= 4 is 21.4 Å². The monoisotopic (exact) mass is 264 g/mol. The molecular formula is C9H13ClN2O3S. The third kappa shape index (κ3) is 2.17. The van der Waals surface area contributed by atoms with Crippen LogP contribution in [-0.2, 0) is 9.84 Å². The van der Waals surface area contributed by atoms with Crippen molar-refractivity contribution in [2.45, 2.75) is 18.9 Å². The molecule has 0 saturated carbocycles. The summed E-state index contributed by atoms with van der Waals surface area (Å²) in [4.78, 5) is 0. The van der Waals surface area contributed by atoms with Gasteiger partial charge in [0.2, 0.25) is 0 Å². The van der Waals surface area contributed by atoms with Crippen molar-refractivity contribution < 1.29 is 13.2 Å². The molecule has 90 valence electrons. The van der Waals surface area contributed by atoms with Crippen LogP contribution in [0.25, 0.3) is 0 Å². The third-order valence-corrected chi connectivity index (χ3v) is 4.87. The van der Waals surface area contributed by atoms with Crippen molar-refractivity contribution in [1.29, 1.82) is 0 Å². The predicted octanol–water partition coefficient (Wildman–Crippen LogP) is 1.29. The SMILES string of the molecule is COc1cnn(C2CCS(=O)(=O)CC2)c1Cl. The summed E-state index contributed by atoms with van der Waals surface area (Å²) in [6.45, 7) is 0. The first kappa shape index (κ1) is 11.7. The Morgan fingerprint density at radius 3 is 2.62 bits per heavy atom. The summed E-state index contributed by atoms with van der Waals surface area (Å²) in [5, 5.41) is 4.56. The molecule has 7 heteroatoms. The highest BCUT2D eigenvalue weighted by Crippen LogP contribution is 2.31. The highest BCUT2D eigenvalue weighted by atomic mass is 35.5. The maximum absolute atomic E-state index is 11.3. The summed E-state index contributed by atoms with van der Waals surface area (Å²) in [7, 11) is -1.32. The largest absolute Gasteiger partial charge is 0.492 e. The Morgan fingerprint density at radius 2 is 2.12 bits per heavy atom. The van der Waals surface area contributed by atoms with Crippen LogP contribution in [0.1, 0.15) is 18.9 Å². The fourth-order valence-corrected chi connectivity index (χ4v) is 3.62. The smallest absolute Gasteiger partial charge is 0.175 e. The fourth-order valence-electron chi connectivity index (χ4n) is 1.85. The molecule has 2 heterocycles. The van der Waals surface area contributed by atoms with E-state index in [1.165, 1.54) is 7.11 Å². The van der Waals surface area contributed by atoms with E-state index in [2.05, 4.69) is 5.10 Å². The Kier molecular flexibility index (Phi) is 3.12. The first-order valence-corrected chi connectivity index (χ1v) is 7.21. The van der Waals surface area contributed by atoms with Gasteiger partial charge in [-0.1, -0.05) is 11.6 Å². The molecule has 0 aliphatic carbocycles. The number of nitrogens with zero attached hydrogens (tertiary/aromatic N) is 2. The van der Waals surface area contributed by atoms with Gasteiger partial charge < -0.3 is 4.74 Å². The van der Waals surface area contributed by atoms with Crippen molar-refractivity contribution in [3.8, 4) is 5.75 Å². The molecule has 1 aliphatic rings. The number of hydrogen-bond acceptors (Lipinski definition) is 4.